The van der Waals surface area contributed by atoms with E-state index in [1.54, 1.807) is 30.7 Å². The number of amides is 1. The molecule has 0 aliphatic heterocycles. The van der Waals surface area contributed by atoms with Gasteiger partial charge in [-0.1, -0.05) is 12.1 Å². The maximum atomic E-state index is 13.0. The summed E-state index contributed by atoms with van der Waals surface area (Å²) in [6.07, 6.45) is 0.490. The van der Waals surface area contributed by atoms with Crippen LogP contribution in [-0.2, 0) is 6.18 Å². The molecule has 5 aromatic rings. The van der Waals surface area contributed by atoms with E-state index in [4.69, 9.17) is 0 Å². The summed E-state index contributed by atoms with van der Waals surface area (Å²) in [6, 6.07) is 15.1. The summed E-state index contributed by atoms with van der Waals surface area (Å²) < 4.78 is 39.1. The number of nitrogens with one attached hydrogen (secondary N) is 2. The number of aryl methyl sites for hydroxylation is 2. The summed E-state index contributed by atoms with van der Waals surface area (Å²) >= 11 is 0. The molecule has 38 heavy (non-hydrogen) atoms. The van der Waals surface area contributed by atoms with E-state index in [0.717, 1.165) is 40.0 Å². The van der Waals surface area contributed by atoms with Crippen LogP contribution in [-0.4, -0.2) is 25.8 Å². The number of hydrogen-bond acceptors (Lipinski definition) is 6. The summed E-state index contributed by atoms with van der Waals surface area (Å²) in [4.78, 5) is 30.3. The molecule has 0 fully saturated rings. The number of benzene rings is 2. The third kappa shape index (κ3) is 5.44. The predicted octanol–water partition coefficient (Wildman–Crippen LogP) is 6.72. The van der Waals surface area contributed by atoms with Gasteiger partial charge in [0.2, 0.25) is 5.95 Å². The molecule has 0 saturated carbocycles. The standard InChI is InChI=1S/C28H21F3N6O/c1-16-6-8-21(35-26(38)18-4-3-5-20(10-18)28(29,30)31)12-23(16)24-11-19-13-34-27(37-25(19)15-33-24)36-22-9-7-17(2)32-14-22/h3-15H,1-2H3,(H,35,38)(H,34,36,37). The van der Waals surface area contributed by atoms with Gasteiger partial charge >= 0.3 is 6.18 Å². The van der Waals surface area contributed by atoms with Crippen LogP contribution in [0, 0.1) is 13.8 Å². The first-order valence-electron chi connectivity index (χ1n) is 11.6. The Hall–Kier alpha value is -4.86. The van der Waals surface area contributed by atoms with Crippen molar-refractivity contribution in [1.29, 1.82) is 0 Å². The molecule has 7 nitrogen and oxygen atoms in total. The van der Waals surface area contributed by atoms with Crippen LogP contribution < -0.4 is 10.6 Å². The monoisotopic (exact) mass is 514 g/mol. The maximum Gasteiger partial charge on any atom is 0.416 e. The van der Waals surface area contributed by atoms with Crippen molar-refractivity contribution in [2.45, 2.75) is 20.0 Å². The van der Waals surface area contributed by atoms with E-state index in [1.165, 1.54) is 12.1 Å². The topological polar surface area (TPSA) is 92.7 Å². The molecule has 0 aliphatic rings. The lowest BCUT2D eigenvalue weighted by Crippen LogP contribution is -2.14. The summed E-state index contributed by atoms with van der Waals surface area (Å²) in [5.74, 6) is -0.234. The second kappa shape index (κ2) is 9.89. The third-order valence-corrected chi connectivity index (χ3v) is 5.86. The third-order valence-electron chi connectivity index (χ3n) is 5.86. The van der Waals surface area contributed by atoms with Crippen LogP contribution in [0.25, 0.3) is 22.2 Å². The van der Waals surface area contributed by atoms with E-state index in [0.29, 0.717) is 22.8 Å². The Kier molecular flexibility index (Phi) is 6.46. The van der Waals surface area contributed by atoms with E-state index in [2.05, 4.69) is 30.6 Å². The zero-order valence-electron chi connectivity index (χ0n) is 20.3. The molecule has 2 aromatic carbocycles. The van der Waals surface area contributed by atoms with Crippen molar-refractivity contribution in [1.82, 2.24) is 19.9 Å². The van der Waals surface area contributed by atoms with Gasteiger partial charge in [-0.25, -0.2) is 9.97 Å². The van der Waals surface area contributed by atoms with Gasteiger partial charge in [0.15, 0.2) is 0 Å². The average molecular weight is 515 g/mol. The van der Waals surface area contributed by atoms with Crippen LogP contribution in [0.15, 0.2) is 79.3 Å². The molecule has 3 aromatic heterocycles. The Morgan fingerprint density at radius 1 is 0.842 bits per heavy atom. The molecule has 1 amide bonds. The molecule has 0 aliphatic carbocycles. The molecule has 0 atom stereocenters. The summed E-state index contributed by atoms with van der Waals surface area (Å²) in [5, 5.41) is 6.55. The fourth-order valence-electron chi connectivity index (χ4n) is 3.83. The Morgan fingerprint density at radius 3 is 2.42 bits per heavy atom. The van der Waals surface area contributed by atoms with Crippen molar-refractivity contribution in [3.05, 3.63) is 102 Å². The van der Waals surface area contributed by atoms with E-state index in [1.807, 2.05) is 38.1 Å². The molecule has 0 spiro atoms. The van der Waals surface area contributed by atoms with Crippen molar-refractivity contribution in [2.24, 2.45) is 0 Å². The number of pyridine rings is 2. The highest BCUT2D eigenvalue weighted by molar-refractivity contribution is 6.04. The van der Waals surface area contributed by atoms with E-state index < -0.39 is 17.6 Å². The van der Waals surface area contributed by atoms with Gasteiger partial charge in [-0.3, -0.25) is 14.8 Å². The van der Waals surface area contributed by atoms with Crippen LogP contribution in [0.2, 0.25) is 0 Å². The van der Waals surface area contributed by atoms with Gasteiger partial charge in [0.05, 0.1) is 34.9 Å². The average Bonchev–Trinajstić information content (AvgIpc) is 2.90. The molecule has 0 saturated heterocycles. The van der Waals surface area contributed by atoms with E-state index >= 15 is 0 Å². The zero-order valence-corrected chi connectivity index (χ0v) is 20.3. The molecule has 10 heteroatoms. The summed E-state index contributed by atoms with van der Waals surface area (Å²) in [5.41, 5.74) is 4.05. The molecule has 5 rings (SSSR count). The van der Waals surface area contributed by atoms with Crippen LogP contribution in [0.4, 0.5) is 30.5 Å². The molecular formula is C28H21F3N6O. The number of rotatable bonds is 5. The number of hydrogen-bond donors (Lipinski definition) is 2. The lowest BCUT2D eigenvalue weighted by atomic mass is 10.0. The van der Waals surface area contributed by atoms with Gasteiger partial charge in [-0.2, -0.15) is 13.2 Å². The highest BCUT2D eigenvalue weighted by Gasteiger charge is 2.30. The molecule has 2 N–H and O–H groups in total. The van der Waals surface area contributed by atoms with Crippen LogP contribution in [0.5, 0.6) is 0 Å². The Morgan fingerprint density at radius 2 is 1.66 bits per heavy atom. The second-order valence-electron chi connectivity index (χ2n) is 8.70. The Labute approximate surface area is 215 Å². The fourth-order valence-corrected chi connectivity index (χ4v) is 3.83. The molecule has 0 radical (unpaired) electrons. The van der Waals surface area contributed by atoms with Gasteiger partial charge in [-0.15, -0.1) is 0 Å². The number of fused-ring (bicyclic) bond motifs is 1. The summed E-state index contributed by atoms with van der Waals surface area (Å²) in [6.45, 7) is 3.81. The number of alkyl halides is 3. The minimum atomic E-state index is -4.53. The van der Waals surface area contributed by atoms with Crippen molar-refractivity contribution in [3.63, 3.8) is 0 Å². The number of carbonyl (C=O) groups excluding carboxylic acids is 1. The van der Waals surface area contributed by atoms with Gasteiger partial charge in [0.25, 0.3) is 5.91 Å². The maximum absolute atomic E-state index is 13.0. The first kappa shape index (κ1) is 24.8. The number of nitrogens with zero attached hydrogens (tertiary/aromatic N) is 4. The molecule has 0 bridgehead atoms. The zero-order chi connectivity index (χ0) is 26.9. The van der Waals surface area contributed by atoms with Crippen LogP contribution in [0.3, 0.4) is 0 Å². The fraction of sp³-hybridized carbons (Fsp3) is 0.107. The van der Waals surface area contributed by atoms with Crippen LogP contribution in [0.1, 0.15) is 27.2 Å². The minimum Gasteiger partial charge on any atom is -0.323 e. The number of aromatic nitrogens is 4. The Balaban J connectivity index is 1.38. The lowest BCUT2D eigenvalue weighted by molar-refractivity contribution is -0.137. The quantitative estimate of drug-likeness (QED) is 0.271. The highest BCUT2D eigenvalue weighted by Crippen LogP contribution is 2.30. The normalized spacial score (nSPS) is 11.4. The van der Waals surface area contributed by atoms with Gasteiger partial charge in [-0.05, 0) is 67.9 Å². The van der Waals surface area contributed by atoms with Crippen molar-refractivity contribution < 1.29 is 18.0 Å². The van der Waals surface area contributed by atoms with Gasteiger partial charge in [0, 0.05) is 34.1 Å². The predicted molar refractivity (Wildman–Crippen MR) is 139 cm³/mol. The van der Waals surface area contributed by atoms with Crippen molar-refractivity contribution in [2.75, 3.05) is 10.6 Å². The molecule has 190 valence electrons. The highest BCUT2D eigenvalue weighted by atomic mass is 19.4. The number of halogens is 3. The lowest BCUT2D eigenvalue weighted by Gasteiger charge is -2.12. The SMILES string of the molecule is Cc1ccc(Nc2ncc3cc(-c4cc(NC(=O)c5cccc(C(F)(F)F)c5)ccc4C)ncc3n2)cn1. The van der Waals surface area contributed by atoms with Gasteiger partial charge < -0.3 is 10.6 Å². The first-order chi connectivity index (χ1) is 18.2. The molecule has 0 unspecified atom stereocenters. The van der Waals surface area contributed by atoms with Crippen molar-refractivity contribution in [3.8, 4) is 11.3 Å². The van der Waals surface area contributed by atoms with E-state index in [9.17, 15) is 18.0 Å². The first-order valence-corrected chi connectivity index (χ1v) is 11.6. The minimum absolute atomic E-state index is 0.0891. The largest absolute Gasteiger partial charge is 0.416 e. The molecule has 3 heterocycles. The summed E-state index contributed by atoms with van der Waals surface area (Å²) in [7, 11) is 0. The van der Waals surface area contributed by atoms with Crippen molar-refractivity contribution >= 4 is 34.1 Å². The number of carbonyl (C=O) groups is 1. The van der Waals surface area contributed by atoms with Gasteiger partial charge in [0.1, 0.15) is 0 Å². The van der Waals surface area contributed by atoms with E-state index in [-0.39, 0.29) is 5.56 Å². The van der Waals surface area contributed by atoms with Crippen LogP contribution >= 0.6 is 0 Å². The second-order valence-corrected chi connectivity index (χ2v) is 8.70. The number of anilines is 3. The molecular weight excluding hydrogens is 493 g/mol. The Bertz CT molecular complexity index is 1650. The smallest absolute Gasteiger partial charge is 0.323 e.